The van der Waals surface area contributed by atoms with Crippen molar-refractivity contribution in [1.82, 2.24) is 4.90 Å². The minimum absolute atomic E-state index is 0.0129. The van der Waals surface area contributed by atoms with E-state index in [1.165, 1.54) is 6.42 Å². The van der Waals surface area contributed by atoms with Crippen LogP contribution in [0.5, 0.6) is 0 Å². The van der Waals surface area contributed by atoms with Crippen LogP contribution in [-0.2, 0) is 20.7 Å². The fourth-order valence-electron chi connectivity index (χ4n) is 5.57. The zero-order valence-corrected chi connectivity index (χ0v) is 19.5. The Morgan fingerprint density at radius 2 is 1.90 bits per heavy atom. The summed E-state index contributed by atoms with van der Waals surface area (Å²) in [6.45, 7) is 6.18. The molecule has 2 heterocycles. The van der Waals surface area contributed by atoms with E-state index in [2.05, 4.69) is 18.7 Å². The molecule has 4 rings (SSSR count). The second kappa shape index (κ2) is 9.77. The predicted molar refractivity (Wildman–Crippen MR) is 120 cm³/mol. The quantitative estimate of drug-likeness (QED) is 0.570. The van der Waals surface area contributed by atoms with Gasteiger partial charge < -0.3 is 14.4 Å². The van der Waals surface area contributed by atoms with Gasteiger partial charge >= 0.3 is 0 Å². The molecular weight excluding hydrogens is 421 g/mol. The Balaban J connectivity index is 1.35. The summed E-state index contributed by atoms with van der Waals surface area (Å²) in [7, 11) is 0. The number of halogens is 2. The minimum Gasteiger partial charge on any atom is -0.353 e. The molecule has 3 fully saturated rings. The summed E-state index contributed by atoms with van der Waals surface area (Å²) in [4.78, 5) is 15.3. The number of benzene rings is 1. The molecule has 2 aliphatic heterocycles. The summed E-state index contributed by atoms with van der Waals surface area (Å²) in [5.41, 5.74) is 1.01. The predicted octanol–water partition coefficient (Wildman–Crippen LogP) is 5.73. The highest BCUT2D eigenvalue weighted by Gasteiger charge is 2.42. The van der Waals surface area contributed by atoms with E-state index in [1.54, 1.807) is 6.07 Å². The molecular formula is C24H33Cl2NO3. The Hall–Kier alpha value is -0.810. The van der Waals surface area contributed by atoms with Crippen molar-refractivity contribution in [2.45, 2.75) is 77.2 Å². The molecule has 4 nitrogen and oxygen atoms in total. The molecule has 166 valence electrons. The van der Waals surface area contributed by atoms with Gasteiger partial charge in [0.05, 0.1) is 6.10 Å². The number of likely N-dealkylation sites (tertiary alicyclic amines) is 1. The number of hydrogen-bond acceptors (Lipinski definition) is 3. The number of carbonyl (C=O) groups is 1. The third-order valence-corrected chi connectivity index (χ3v) is 7.72. The minimum atomic E-state index is -0.0490. The third-order valence-electron chi connectivity index (χ3n) is 7.13. The van der Waals surface area contributed by atoms with Gasteiger partial charge in [-0.15, -0.1) is 0 Å². The van der Waals surface area contributed by atoms with Gasteiger partial charge in [-0.2, -0.15) is 0 Å². The molecule has 30 heavy (non-hydrogen) atoms. The number of hydrogen-bond donors (Lipinski definition) is 0. The highest BCUT2D eigenvalue weighted by molar-refractivity contribution is 6.35. The van der Waals surface area contributed by atoms with E-state index in [0.29, 0.717) is 34.3 Å². The van der Waals surface area contributed by atoms with Crippen molar-refractivity contribution in [1.29, 1.82) is 0 Å². The van der Waals surface area contributed by atoms with Crippen molar-refractivity contribution < 1.29 is 14.3 Å². The third kappa shape index (κ3) is 4.98. The molecule has 1 aromatic rings. The molecule has 6 heteroatoms. The van der Waals surface area contributed by atoms with Crippen LogP contribution in [0.15, 0.2) is 18.2 Å². The molecule has 0 bridgehead atoms. The fraction of sp³-hybridized carbons (Fsp3) is 0.708. The molecule has 1 aromatic carbocycles. The standard InChI is InChI=1S/C24H33Cl2NO3/c1-15-11-20(12-16(2)23(15)30-22-5-3-4-10-29-22)27-9-8-18(24(27)28)13-17-6-7-19(25)14-21(17)26/h6-7,14-16,18,20,22-23H,3-5,8-13H2,1-2H3/t15-,16+,18?,20?,22?,23-. The monoisotopic (exact) mass is 453 g/mol. The van der Waals surface area contributed by atoms with E-state index in [4.69, 9.17) is 32.7 Å². The van der Waals surface area contributed by atoms with Crippen LogP contribution in [0.2, 0.25) is 10.0 Å². The van der Waals surface area contributed by atoms with Gasteiger partial charge in [-0.3, -0.25) is 4.79 Å². The number of amides is 1. The lowest BCUT2D eigenvalue weighted by atomic mass is 9.77. The molecule has 0 N–H and O–H groups in total. The van der Waals surface area contributed by atoms with Crippen molar-refractivity contribution in [3.8, 4) is 0 Å². The molecule has 0 spiro atoms. The summed E-state index contributed by atoms with van der Waals surface area (Å²) < 4.78 is 12.2. The smallest absolute Gasteiger partial charge is 0.226 e. The Morgan fingerprint density at radius 3 is 2.57 bits per heavy atom. The fourth-order valence-corrected chi connectivity index (χ4v) is 6.05. The maximum atomic E-state index is 13.2. The van der Waals surface area contributed by atoms with E-state index in [-0.39, 0.29) is 24.2 Å². The van der Waals surface area contributed by atoms with E-state index in [0.717, 1.165) is 50.8 Å². The first-order valence-electron chi connectivity index (χ1n) is 11.4. The first kappa shape index (κ1) is 22.4. The Morgan fingerprint density at radius 1 is 1.13 bits per heavy atom. The van der Waals surface area contributed by atoms with Crippen molar-refractivity contribution in [3.05, 3.63) is 33.8 Å². The van der Waals surface area contributed by atoms with Gasteiger partial charge in [-0.1, -0.05) is 43.1 Å². The topological polar surface area (TPSA) is 38.8 Å². The average Bonchev–Trinajstić information content (AvgIpc) is 3.08. The Labute approximate surface area is 190 Å². The van der Waals surface area contributed by atoms with E-state index >= 15 is 0 Å². The van der Waals surface area contributed by atoms with Crippen molar-refractivity contribution in [2.75, 3.05) is 13.2 Å². The summed E-state index contributed by atoms with van der Waals surface area (Å²) in [5, 5.41) is 1.28. The molecule has 0 aromatic heterocycles. The van der Waals surface area contributed by atoms with E-state index in [9.17, 15) is 4.79 Å². The number of ether oxygens (including phenoxy) is 2. The molecule has 0 radical (unpaired) electrons. The molecule has 3 unspecified atom stereocenters. The average molecular weight is 454 g/mol. The highest BCUT2D eigenvalue weighted by Crippen LogP contribution is 2.38. The van der Waals surface area contributed by atoms with Crippen LogP contribution in [0.4, 0.5) is 0 Å². The van der Waals surface area contributed by atoms with Gasteiger partial charge in [0.2, 0.25) is 5.91 Å². The van der Waals surface area contributed by atoms with Crippen LogP contribution < -0.4 is 0 Å². The van der Waals surface area contributed by atoms with Crippen LogP contribution in [0, 0.1) is 17.8 Å². The van der Waals surface area contributed by atoms with Gasteiger partial charge in [0.15, 0.2) is 6.29 Å². The van der Waals surface area contributed by atoms with E-state index in [1.807, 2.05) is 12.1 Å². The zero-order chi connectivity index (χ0) is 21.3. The van der Waals surface area contributed by atoms with Crippen molar-refractivity contribution in [2.24, 2.45) is 17.8 Å². The van der Waals surface area contributed by atoms with Crippen molar-refractivity contribution >= 4 is 29.1 Å². The summed E-state index contributed by atoms with van der Waals surface area (Å²) in [5.74, 6) is 1.13. The summed E-state index contributed by atoms with van der Waals surface area (Å²) in [6, 6.07) is 5.86. The number of carbonyl (C=O) groups excluding carboxylic acids is 1. The molecule has 1 saturated carbocycles. The van der Waals surface area contributed by atoms with Gasteiger partial charge in [0.25, 0.3) is 0 Å². The first-order valence-corrected chi connectivity index (χ1v) is 12.2. The van der Waals surface area contributed by atoms with Crippen molar-refractivity contribution in [3.63, 3.8) is 0 Å². The van der Waals surface area contributed by atoms with Crippen LogP contribution in [0.1, 0.15) is 57.9 Å². The van der Waals surface area contributed by atoms with Crippen LogP contribution >= 0.6 is 23.2 Å². The van der Waals surface area contributed by atoms with Gasteiger partial charge in [-0.05, 0) is 74.5 Å². The largest absolute Gasteiger partial charge is 0.353 e. The first-order chi connectivity index (χ1) is 14.4. The lowest BCUT2D eigenvalue weighted by Crippen LogP contribution is -2.48. The lowest BCUT2D eigenvalue weighted by Gasteiger charge is -2.43. The van der Waals surface area contributed by atoms with E-state index < -0.39 is 0 Å². The Bertz CT molecular complexity index is 740. The van der Waals surface area contributed by atoms with Crippen LogP contribution in [0.3, 0.4) is 0 Å². The zero-order valence-electron chi connectivity index (χ0n) is 18.0. The molecule has 6 atom stereocenters. The van der Waals surface area contributed by atoms with Gasteiger partial charge in [0.1, 0.15) is 0 Å². The Kier molecular flexibility index (Phi) is 7.29. The van der Waals surface area contributed by atoms with Gasteiger partial charge in [0, 0.05) is 35.2 Å². The number of rotatable bonds is 5. The summed E-state index contributed by atoms with van der Waals surface area (Å²) in [6.07, 6.45) is 7.07. The summed E-state index contributed by atoms with van der Waals surface area (Å²) >= 11 is 12.4. The lowest BCUT2D eigenvalue weighted by molar-refractivity contribution is -0.215. The second-order valence-electron chi connectivity index (χ2n) is 9.43. The van der Waals surface area contributed by atoms with Gasteiger partial charge in [-0.25, -0.2) is 0 Å². The normalized spacial score (nSPS) is 35.1. The van der Waals surface area contributed by atoms with Crippen LogP contribution in [0.25, 0.3) is 0 Å². The molecule has 1 aliphatic carbocycles. The molecule has 1 amide bonds. The SMILES string of the molecule is C[C@@H]1CC(N2CCC(Cc3ccc(Cl)cc3Cl)C2=O)C[C@H](C)[C@@H]1OC1CCCCO1. The second-order valence-corrected chi connectivity index (χ2v) is 10.3. The van der Waals surface area contributed by atoms with Crippen LogP contribution in [-0.4, -0.2) is 42.4 Å². The maximum absolute atomic E-state index is 13.2. The maximum Gasteiger partial charge on any atom is 0.226 e. The molecule has 3 aliphatic rings. The number of nitrogens with zero attached hydrogens (tertiary/aromatic N) is 1. The molecule has 2 saturated heterocycles. The highest BCUT2D eigenvalue weighted by atomic mass is 35.5.